The predicted molar refractivity (Wildman–Crippen MR) is 126 cm³/mol. The lowest BCUT2D eigenvalue weighted by atomic mass is 9.63. The third-order valence-electron chi connectivity index (χ3n) is 6.89. The lowest BCUT2D eigenvalue weighted by Crippen LogP contribution is -2.38. The van der Waals surface area contributed by atoms with Crippen molar-refractivity contribution in [2.75, 3.05) is 11.4 Å². The molecule has 0 radical (unpaired) electrons. The maximum atomic E-state index is 12.6. The number of anilines is 1. The zero-order valence-electron chi connectivity index (χ0n) is 19.2. The van der Waals surface area contributed by atoms with E-state index in [0.29, 0.717) is 17.8 Å². The van der Waals surface area contributed by atoms with E-state index in [4.69, 9.17) is 15.0 Å². The van der Waals surface area contributed by atoms with Gasteiger partial charge >= 0.3 is 6.09 Å². The molecule has 2 fully saturated rings. The van der Waals surface area contributed by atoms with E-state index in [1.165, 1.54) is 11.1 Å². The minimum absolute atomic E-state index is 0.110. The van der Waals surface area contributed by atoms with Crippen LogP contribution in [0.25, 0.3) is 11.2 Å². The highest BCUT2D eigenvalue weighted by Crippen LogP contribution is 2.49. The lowest BCUT2D eigenvalue weighted by molar-refractivity contribution is 0.146. The van der Waals surface area contributed by atoms with Gasteiger partial charge in [0.15, 0.2) is 5.65 Å². The molecule has 6 rings (SSSR count). The minimum Gasteiger partial charge on any atom is -0.446 e. The van der Waals surface area contributed by atoms with Crippen LogP contribution in [0.5, 0.6) is 0 Å². The minimum atomic E-state index is -0.216. The summed E-state index contributed by atoms with van der Waals surface area (Å²) in [6.07, 6.45) is 8.50. The zero-order chi connectivity index (χ0) is 23.0. The molecule has 7 heteroatoms. The van der Waals surface area contributed by atoms with Crippen molar-refractivity contribution in [1.82, 2.24) is 15.0 Å². The van der Waals surface area contributed by atoms with Crippen molar-refractivity contribution in [3.05, 3.63) is 53.0 Å². The summed E-state index contributed by atoms with van der Waals surface area (Å²) in [5, 5.41) is 9.16. The van der Waals surface area contributed by atoms with E-state index in [2.05, 4.69) is 34.2 Å². The number of aryl methyl sites for hydroxylation is 1. The number of ether oxygens (including phenoxy) is 1. The van der Waals surface area contributed by atoms with E-state index in [1.807, 2.05) is 13.8 Å². The maximum absolute atomic E-state index is 12.6. The Balaban J connectivity index is 0.00000111. The van der Waals surface area contributed by atoms with Crippen molar-refractivity contribution in [2.24, 2.45) is 0 Å². The Bertz CT molecular complexity index is 1230. The Morgan fingerprint density at radius 3 is 2.76 bits per heavy atom. The first-order valence-corrected chi connectivity index (χ1v) is 12.0. The fraction of sp³-hybridized carbons (Fsp3) is 0.462. The molecule has 0 bridgehead atoms. The molecule has 3 aromatic rings. The number of carbonyl (C=O) groups excluding carboxylic acids is 1. The number of nitriles is 1. The number of aromatic nitrogens is 3. The summed E-state index contributed by atoms with van der Waals surface area (Å²) in [6.45, 7) is 4.71. The third kappa shape index (κ3) is 3.74. The number of fused-ring (bicyclic) bond motifs is 2. The summed E-state index contributed by atoms with van der Waals surface area (Å²) in [7, 11) is 0. The fourth-order valence-electron chi connectivity index (χ4n) is 4.86. The second kappa shape index (κ2) is 8.51. The van der Waals surface area contributed by atoms with Gasteiger partial charge in [0.25, 0.3) is 0 Å². The number of hydrogen-bond acceptors (Lipinski definition) is 5. The van der Waals surface area contributed by atoms with Crippen molar-refractivity contribution >= 4 is 22.9 Å². The lowest BCUT2D eigenvalue weighted by Gasteiger charge is -2.41. The molecular formula is C26H29N5O2. The number of nitrogens with zero attached hydrogens (tertiary/aromatic N) is 4. The third-order valence-corrected chi connectivity index (χ3v) is 6.89. The summed E-state index contributed by atoms with van der Waals surface area (Å²) in [4.78, 5) is 27.0. The van der Waals surface area contributed by atoms with Gasteiger partial charge in [0.2, 0.25) is 0 Å². The van der Waals surface area contributed by atoms with Gasteiger partial charge in [0.1, 0.15) is 18.0 Å². The van der Waals surface area contributed by atoms with Gasteiger partial charge in [0, 0.05) is 12.7 Å². The molecule has 1 N–H and O–H groups in total. The van der Waals surface area contributed by atoms with Gasteiger partial charge < -0.3 is 9.72 Å². The van der Waals surface area contributed by atoms with Gasteiger partial charge in [0.05, 0.1) is 22.2 Å². The zero-order valence-corrected chi connectivity index (χ0v) is 19.2. The van der Waals surface area contributed by atoms with Crippen LogP contribution in [0.4, 0.5) is 10.5 Å². The Hall–Kier alpha value is -3.40. The molecule has 1 aliphatic heterocycles. The molecule has 170 valence electrons. The average Bonchev–Trinajstić information content (AvgIpc) is 3.54. The first kappa shape index (κ1) is 21.4. The summed E-state index contributed by atoms with van der Waals surface area (Å²) in [5.41, 5.74) is 5.20. The van der Waals surface area contributed by atoms with Gasteiger partial charge in [-0.1, -0.05) is 32.4 Å². The highest BCUT2D eigenvalue weighted by atomic mass is 16.6. The van der Waals surface area contributed by atoms with Crippen LogP contribution in [0.2, 0.25) is 0 Å². The standard InChI is InChI=1S/C24H23N5O2.C2H6/c25-13-15-11-19-21(26-14-15)28-22(27-19)24(8-2-9-24)17-4-7-20-16(12-17)3-1-10-29(20)23(30)31-18-5-6-18;1-2/h4,7,11-12,14,18H,1-3,5-6,8-10H2,(H,26,27,28);1-2H3. The monoisotopic (exact) mass is 443 g/mol. The number of amides is 1. The number of imidazole rings is 1. The van der Waals surface area contributed by atoms with E-state index >= 15 is 0 Å². The summed E-state index contributed by atoms with van der Waals surface area (Å²) < 4.78 is 5.55. The summed E-state index contributed by atoms with van der Waals surface area (Å²) in [6, 6.07) is 10.4. The van der Waals surface area contributed by atoms with Gasteiger partial charge in [-0.05, 0) is 61.8 Å². The highest BCUT2D eigenvalue weighted by Gasteiger charge is 2.44. The van der Waals surface area contributed by atoms with E-state index in [9.17, 15) is 4.79 Å². The van der Waals surface area contributed by atoms with E-state index < -0.39 is 0 Å². The average molecular weight is 444 g/mol. The van der Waals surface area contributed by atoms with Crippen LogP contribution >= 0.6 is 0 Å². The molecule has 0 saturated heterocycles. The molecule has 2 aliphatic carbocycles. The van der Waals surface area contributed by atoms with Gasteiger partial charge in [-0.3, -0.25) is 4.90 Å². The van der Waals surface area contributed by atoms with E-state index in [0.717, 1.165) is 62.0 Å². The number of aromatic amines is 1. The number of H-pyrrole nitrogens is 1. The van der Waals surface area contributed by atoms with Crippen LogP contribution in [-0.2, 0) is 16.6 Å². The Kier molecular flexibility index (Phi) is 5.53. The van der Waals surface area contributed by atoms with Crippen molar-refractivity contribution < 1.29 is 9.53 Å². The summed E-state index contributed by atoms with van der Waals surface area (Å²) >= 11 is 0. The molecule has 33 heavy (non-hydrogen) atoms. The number of carbonyl (C=O) groups is 1. The molecule has 1 amide bonds. The van der Waals surface area contributed by atoms with Crippen LogP contribution < -0.4 is 4.90 Å². The second-order valence-corrected chi connectivity index (χ2v) is 8.91. The molecule has 2 saturated carbocycles. The Labute approximate surface area is 193 Å². The molecule has 2 aromatic heterocycles. The molecule has 1 aromatic carbocycles. The quantitative estimate of drug-likeness (QED) is 0.587. The number of pyridine rings is 1. The molecular weight excluding hydrogens is 414 g/mol. The van der Waals surface area contributed by atoms with E-state index in [-0.39, 0.29) is 17.6 Å². The van der Waals surface area contributed by atoms with Crippen molar-refractivity contribution in [1.29, 1.82) is 5.26 Å². The number of hydrogen-bond donors (Lipinski definition) is 1. The smallest absolute Gasteiger partial charge is 0.414 e. The van der Waals surface area contributed by atoms with Crippen LogP contribution in [0.15, 0.2) is 30.5 Å². The first-order chi connectivity index (χ1) is 16.2. The van der Waals surface area contributed by atoms with Gasteiger partial charge in [-0.25, -0.2) is 14.8 Å². The summed E-state index contributed by atoms with van der Waals surface area (Å²) in [5.74, 6) is 0.914. The SMILES string of the molecule is CC.N#Cc1cnc2nc(C3(c4ccc5c(c4)CCCN5C(=O)OC4CC4)CCC3)[nH]c2c1. The Morgan fingerprint density at radius 2 is 2.06 bits per heavy atom. The van der Waals surface area contributed by atoms with Crippen LogP contribution in [0, 0.1) is 11.3 Å². The predicted octanol–water partition coefficient (Wildman–Crippen LogP) is 5.38. The Morgan fingerprint density at radius 1 is 1.24 bits per heavy atom. The molecule has 7 nitrogen and oxygen atoms in total. The van der Waals surface area contributed by atoms with Crippen molar-refractivity contribution in [3.8, 4) is 6.07 Å². The van der Waals surface area contributed by atoms with Gasteiger partial charge in [-0.2, -0.15) is 5.26 Å². The van der Waals surface area contributed by atoms with Crippen molar-refractivity contribution in [3.63, 3.8) is 0 Å². The number of benzene rings is 1. The molecule has 0 unspecified atom stereocenters. The highest BCUT2D eigenvalue weighted by molar-refractivity contribution is 5.89. The fourth-order valence-corrected chi connectivity index (χ4v) is 4.86. The largest absolute Gasteiger partial charge is 0.446 e. The van der Waals surface area contributed by atoms with E-state index in [1.54, 1.807) is 17.2 Å². The normalized spacial score (nSPS) is 18.4. The first-order valence-electron chi connectivity index (χ1n) is 12.0. The van der Waals surface area contributed by atoms with Crippen molar-refractivity contribution in [2.45, 2.75) is 70.3 Å². The number of rotatable bonds is 3. The van der Waals surface area contributed by atoms with Crippen LogP contribution in [0.1, 0.15) is 74.9 Å². The maximum Gasteiger partial charge on any atom is 0.414 e. The topological polar surface area (TPSA) is 94.9 Å². The molecule has 0 spiro atoms. The molecule has 3 heterocycles. The van der Waals surface area contributed by atoms with Crippen LogP contribution in [0.3, 0.4) is 0 Å². The van der Waals surface area contributed by atoms with Crippen LogP contribution in [-0.4, -0.2) is 33.7 Å². The molecule has 3 aliphatic rings. The molecule has 0 atom stereocenters. The number of nitrogens with one attached hydrogen (secondary N) is 1. The second-order valence-electron chi connectivity index (χ2n) is 8.91. The van der Waals surface area contributed by atoms with Gasteiger partial charge in [-0.15, -0.1) is 0 Å².